The van der Waals surface area contributed by atoms with E-state index >= 15 is 0 Å². The molecule has 0 atom stereocenters. The van der Waals surface area contributed by atoms with Crippen LogP contribution in [0, 0.1) is 0 Å². The summed E-state index contributed by atoms with van der Waals surface area (Å²) in [5.74, 6) is 0. The summed E-state index contributed by atoms with van der Waals surface area (Å²) in [5, 5.41) is 1.09. The zero-order chi connectivity index (χ0) is 13.0. The maximum atomic E-state index is 6.01. The molecule has 4 heteroatoms. The highest BCUT2D eigenvalue weighted by atomic mass is 16.7. The van der Waals surface area contributed by atoms with Gasteiger partial charge in [-0.1, -0.05) is 12.1 Å². The monoisotopic (exact) mass is 244 g/mol. The van der Waals surface area contributed by atoms with E-state index in [9.17, 15) is 0 Å². The van der Waals surface area contributed by atoms with Gasteiger partial charge in [-0.25, -0.2) is 0 Å². The maximum absolute atomic E-state index is 6.01. The minimum Gasteiger partial charge on any atom is -0.464 e. The van der Waals surface area contributed by atoms with Crippen molar-refractivity contribution in [1.29, 1.82) is 0 Å². The highest BCUT2D eigenvalue weighted by molar-refractivity contribution is 6.62. The Balaban J connectivity index is 1.96. The number of furan rings is 1. The lowest BCUT2D eigenvalue weighted by molar-refractivity contribution is 0.00578. The van der Waals surface area contributed by atoms with Crippen molar-refractivity contribution >= 4 is 23.6 Å². The minimum absolute atomic E-state index is 0.310. The smallest absolute Gasteiger partial charge is 0.464 e. The van der Waals surface area contributed by atoms with Crippen molar-refractivity contribution in [3.63, 3.8) is 0 Å². The van der Waals surface area contributed by atoms with Crippen molar-refractivity contribution < 1.29 is 13.7 Å². The molecule has 0 unspecified atom stereocenters. The number of rotatable bonds is 1. The Morgan fingerprint density at radius 2 is 1.61 bits per heavy atom. The van der Waals surface area contributed by atoms with Crippen molar-refractivity contribution in [3.05, 3.63) is 30.5 Å². The molecule has 2 heterocycles. The van der Waals surface area contributed by atoms with Gasteiger partial charge >= 0.3 is 7.12 Å². The van der Waals surface area contributed by atoms with E-state index in [1.165, 1.54) is 0 Å². The summed E-state index contributed by atoms with van der Waals surface area (Å²) in [6.45, 7) is 8.22. The van der Waals surface area contributed by atoms with Gasteiger partial charge in [0.2, 0.25) is 0 Å². The summed E-state index contributed by atoms with van der Waals surface area (Å²) < 4.78 is 17.4. The van der Waals surface area contributed by atoms with Gasteiger partial charge in [0.05, 0.1) is 17.5 Å². The highest BCUT2D eigenvalue weighted by Gasteiger charge is 2.51. The summed E-state index contributed by atoms with van der Waals surface area (Å²) in [5.41, 5.74) is 1.24. The fourth-order valence-corrected chi connectivity index (χ4v) is 2.10. The van der Waals surface area contributed by atoms with Crippen molar-refractivity contribution in [2.75, 3.05) is 0 Å². The van der Waals surface area contributed by atoms with Gasteiger partial charge in [-0.05, 0) is 45.3 Å². The van der Waals surface area contributed by atoms with E-state index in [4.69, 9.17) is 13.7 Å². The van der Waals surface area contributed by atoms with E-state index in [1.54, 1.807) is 6.26 Å². The van der Waals surface area contributed by atoms with Crippen LogP contribution in [0.3, 0.4) is 0 Å². The van der Waals surface area contributed by atoms with Crippen LogP contribution in [0.15, 0.2) is 34.9 Å². The first-order chi connectivity index (χ1) is 8.39. The maximum Gasteiger partial charge on any atom is 0.494 e. The number of hydrogen-bond donors (Lipinski definition) is 0. The third kappa shape index (κ3) is 1.68. The van der Waals surface area contributed by atoms with Gasteiger partial charge in [-0.2, -0.15) is 0 Å². The number of fused-ring (bicyclic) bond motifs is 1. The van der Waals surface area contributed by atoms with Crippen LogP contribution in [0.4, 0.5) is 0 Å². The summed E-state index contributed by atoms with van der Waals surface area (Å²) >= 11 is 0. The van der Waals surface area contributed by atoms with Crippen molar-refractivity contribution in [2.24, 2.45) is 0 Å². The summed E-state index contributed by atoms with van der Waals surface area (Å²) in [6, 6.07) is 7.99. The van der Waals surface area contributed by atoms with Crippen molar-refractivity contribution in [3.8, 4) is 0 Å². The molecular weight excluding hydrogens is 227 g/mol. The van der Waals surface area contributed by atoms with Gasteiger partial charge in [0, 0.05) is 5.39 Å². The fraction of sp³-hybridized carbons (Fsp3) is 0.429. The quantitative estimate of drug-likeness (QED) is 0.723. The lowest BCUT2D eigenvalue weighted by Gasteiger charge is -2.32. The molecule has 94 valence electrons. The molecule has 1 aliphatic heterocycles. The minimum atomic E-state index is -0.329. The molecule has 1 aromatic carbocycles. The average molecular weight is 244 g/mol. The Labute approximate surface area is 107 Å². The largest absolute Gasteiger partial charge is 0.494 e. The van der Waals surface area contributed by atoms with Gasteiger partial charge in [-0.3, -0.25) is 0 Å². The van der Waals surface area contributed by atoms with Crippen LogP contribution in [0.1, 0.15) is 27.7 Å². The van der Waals surface area contributed by atoms with Crippen LogP contribution in [0.25, 0.3) is 11.0 Å². The van der Waals surface area contributed by atoms with Gasteiger partial charge < -0.3 is 13.7 Å². The van der Waals surface area contributed by atoms with Crippen LogP contribution < -0.4 is 5.46 Å². The van der Waals surface area contributed by atoms with Gasteiger partial charge in [0.25, 0.3) is 0 Å². The standard InChI is InChI=1S/C14H17BO3/c1-13(2)14(3,4)18-15(17-13)11-6-5-10-7-8-16-12(10)9-11/h5-9H,1-4H3. The average Bonchev–Trinajstić information content (AvgIpc) is 2.80. The first-order valence-electron chi connectivity index (χ1n) is 6.22. The molecule has 0 saturated carbocycles. The molecule has 3 rings (SSSR count). The molecule has 3 nitrogen and oxygen atoms in total. The zero-order valence-corrected chi connectivity index (χ0v) is 11.2. The molecule has 1 saturated heterocycles. The molecule has 2 aromatic rings. The predicted molar refractivity (Wildman–Crippen MR) is 71.9 cm³/mol. The second-order valence-electron chi connectivity index (χ2n) is 5.81. The van der Waals surface area contributed by atoms with Crippen molar-refractivity contribution in [1.82, 2.24) is 0 Å². The third-order valence-corrected chi connectivity index (χ3v) is 4.01. The summed E-state index contributed by atoms with van der Waals surface area (Å²) in [7, 11) is -0.329. The van der Waals surface area contributed by atoms with Crippen molar-refractivity contribution in [2.45, 2.75) is 38.9 Å². The van der Waals surface area contributed by atoms with Gasteiger partial charge in [0.1, 0.15) is 5.58 Å². The first-order valence-corrected chi connectivity index (χ1v) is 6.22. The normalized spacial score (nSPS) is 21.7. The van der Waals surface area contributed by atoms with E-state index in [2.05, 4.69) is 27.7 Å². The molecule has 0 aliphatic carbocycles. The topological polar surface area (TPSA) is 31.6 Å². The Hall–Kier alpha value is -1.26. The van der Waals surface area contributed by atoms with E-state index < -0.39 is 0 Å². The lowest BCUT2D eigenvalue weighted by atomic mass is 9.79. The third-order valence-electron chi connectivity index (χ3n) is 4.01. The van der Waals surface area contributed by atoms with Crippen LogP contribution in [-0.4, -0.2) is 18.3 Å². The molecule has 0 radical (unpaired) electrons. The summed E-state index contributed by atoms with van der Waals surface area (Å²) in [6.07, 6.45) is 1.69. The Morgan fingerprint density at radius 3 is 2.28 bits per heavy atom. The van der Waals surface area contributed by atoms with Gasteiger partial charge in [-0.15, -0.1) is 0 Å². The summed E-state index contributed by atoms with van der Waals surface area (Å²) in [4.78, 5) is 0. The van der Waals surface area contributed by atoms with Crippen LogP contribution in [0.5, 0.6) is 0 Å². The molecule has 1 aromatic heterocycles. The molecule has 0 amide bonds. The Morgan fingerprint density at radius 1 is 0.944 bits per heavy atom. The van der Waals surface area contributed by atoms with Crippen LogP contribution in [-0.2, 0) is 9.31 Å². The van der Waals surface area contributed by atoms with E-state index in [-0.39, 0.29) is 18.3 Å². The molecule has 1 fully saturated rings. The first kappa shape index (κ1) is 11.8. The van der Waals surface area contributed by atoms with Crippen LogP contribution >= 0.6 is 0 Å². The second-order valence-corrected chi connectivity index (χ2v) is 5.81. The van der Waals surface area contributed by atoms with E-state index in [1.807, 2.05) is 24.3 Å². The number of benzene rings is 1. The predicted octanol–water partition coefficient (Wildman–Crippen LogP) is 2.73. The molecular formula is C14H17BO3. The zero-order valence-electron chi connectivity index (χ0n) is 11.2. The SMILES string of the molecule is CC1(C)OB(c2ccc3ccoc3c2)OC1(C)C. The molecule has 0 bridgehead atoms. The fourth-order valence-electron chi connectivity index (χ4n) is 2.10. The van der Waals surface area contributed by atoms with Gasteiger partial charge in [0.15, 0.2) is 0 Å². The molecule has 0 N–H and O–H groups in total. The van der Waals surface area contributed by atoms with E-state index in [0.717, 1.165) is 16.4 Å². The Bertz CT molecular complexity index is 569. The second kappa shape index (κ2) is 3.62. The molecule has 0 spiro atoms. The van der Waals surface area contributed by atoms with E-state index in [0.29, 0.717) is 0 Å². The van der Waals surface area contributed by atoms with Crippen LogP contribution in [0.2, 0.25) is 0 Å². The highest BCUT2D eigenvalue weighted by Crippen LogP contribution is 2.36. The molecule has 1 aliphatic rings. The number of hydrogen-bond acceptors (Lipinski definition) is 3. The lowest BCUT2D eigenvalue weighted by Crippen LogP contribution is -2.41. The Kier molecular flexibility index (Phi) is 2.38. The molecule has 18 heavy (non-hydrogen) atoms.